The van der Waals surface area contributed by atoms with E-state index in [1.54, 1.807) is 6.20 Å². The summed E-state index contributed by atoms with van der Waals surface area (Å²) in [6.45, 7) is 0.776. The Hall–Kier alpha value is -1.72. The molecule has 1 aromatic heterocycles. The summed E-state index contributed by atoms with van der Waals surface area (Å²) in [7, 11) is 0. The van der Waals surface area contributed by atoms with Gasteiger partial charge in [-0.15, -0.1) is 0 Å². The lowest BCUT2D eigenvalue weighted by Gasteiger charge is -2.39. The highest BCUT2D eigenvalue weighted by molar-refractivity contribution is 9.10. The Morgan fingerprint density at radius 1 is 1.26 bits per heavy atom. The maximum absolute atomic E-state index is 11.7. The predicted octanol–water partition coefficient (Wildman–Crippen LogP) is 3.87. The highest BCUT2D eigenvalue weighted by atomic mass is 79.9. The molecule has 1 fully saturated rings. The molecule has 0 saturated carbocycles. The highest BCUT2D eigenvalue weighted by Gasteiger charge is 2.35. The van der Waals surface area contributed by atoms with Crippen LogP contribution < -0.4 is 0 Å². The van der Waals surface area contributed by atoms with E-state index in [1.807, 2.05) is 36.5 Å². The minimum atomic E-state index is -0.745. The van der Waals surface area contributed by atoms with Gasteiger partial charge in [0.2, 0.25) is 0 Å². The minimum absolute atomic E-state index is 0.110. The average Bonchev–Trinajstić information content (AvgIpc) is 2.58. The van der Waals surface area contributed by atoms with Crippen molar-refractivity contribution >= 4 is 21.9 Å². The number of likely N-dealkylation sites (tertiary alicyclic amines) is 1. The molecule has 1 aliphatic heterocycles. The van der Waals surface area contributed by atoms with Gasteiger partial charge in [0.1, 0.15) is 6.04 Å². The number of carbonyl (C=O) groups is 1. The fourth-order valence-electron chi connectivity index (χ4n) is 3.31. The third-order valence-corrected chi connectivity index (χ3v) is 5.08. The van der Waals surface area contributed by atoms with Gasteiger partial charge in [-0.3, -0.25) is 14.7 Å². The molecule has 23 heavy (non-hydrogen) atoms. The van der Waals surface area contributed by atoms with Crippen LogP contribution in [0.4, 0.5) is 0 Å². The van der Waals surface area contributed by atoms with Crippen molar-refractivity contribution < 1.29 is 9.90 Å². The molecule has 0 bridgehead atoms. The summed E-state index contributed by atoms with van der Waals surface area (Å²) >= 11 is 3.62. The lowest BCUT2D eigenvalue weighted by molar-refractivity contribution is -0.145. The van der Waals surface area contributed by atoms with Gasteiger partial charge in [-0.2, -0.15) is 0 Å². The zero-order valence-corrected chi connectivity index (χ0v) is 14.3. The molecular formula is C18H19BrN2O2. The van der Waals surface area contributed by atoms with Gasteiger partial charge in [0.15, 0.2) is 0 Å². The second-order valence-electron chi connectivity index (χ2n) is 5.80. The number of nitrogens with zero attached hydrogens (tertiary/aromatic N) is 2. The maximum Gasteiger partial charge on any atom is 0.320 e. The Balaban J connectivity index is 2.08. The number of hydrogen-bond acceptors (Lipinski definition) is 3. The molecule has 2 aromatic rings. The largest absolute Gasteiger partial charge is 0.480 e. The average molecular weight is 375 g/mol. The highest BCUT2D eigenvalue weighted by Crippen LogP contribution is 2.37. The zero-order chi connectivity index (χ0) is 16.2. The number of pyridine rings is 1. The summed E-state index contributed by atoms with van der Waals surface area (Å²) in [6.07, 6.45) is 6.24. The van der Waals surface area contributed by atoms with Crippen LogP contribution in [-0.2, 0) is 4.79 Å². The molecule has 1 saturated heterocycles. The number of halogens is 1. The van der Waals surface area contributed by atoms with Gasteiger partial charge in [0, 0.05) is 16.9 Å². The molecule has 0 radical (unpaired) electrons. The van der Waals surface area contributed by atoms with Gasteiger partial charge in [-0.25, -0.2) is 0 Å². The quantitative estimate of drug-likeness (QED) is 0.882. The Labute approximate surface area is 144 Å². The summed E-state index contributed by atoms with van der Waals surface area (Å²) in [6, 6.07) is 11.4. The van der Waals surface area contributed by atoms with E-state index in [9.17, 15) is 9.90 Å². The fraction of sp³-hybridized carbons (Fsp3) is 0.333. The predicted molar refractivity (Wildman–Crippen MR) is 92.2 cm³/mol. The number of piperidine rings is 1. The molecule has 3 rings (SSSR count). The van der Waals surface area contributed by atoms with Gasteiger partial charge in [-0.1, -0.05) is 46.6 Å². The first-order valence-electron chi connectivity index (χ1n) is 7.81. The van der Waals surface area contributed by atoms with E-state index in [0.29, 0.717) is 6.42 Å². The van der Waals surface area contributed by atoms with Crippen molar-refractivity contribution in [2.75, 3.05) is 6.54 Å². The topological polar surface area (TPSA) is 53.4 Å². The molecule has 5 heteroatoms. The van der Waals surface area contributed by atoms with Crippen molar-refractivity contribution in [2.45, 2.75) is 31.3 Å². The third-order valence-electron chi connectivity index (χ3n) is 4.36. The van der Waals surface area contributed by atoms with E-state index >= 15 is 0 Å². The first-order chi connectivity index (χ1) is 11.2. The molecule has 0 aliphatic carbocycles. The van der Waals surface area contributed by atoms with E-state index in [4.69, 9.17) is 0 Å². The van der Waals surface area contributed by atoms with Crippen LogP contribution >= 0.6 is 15.9 Å². The summed E-state index contributed by atoms with van der Waals surface area (Å²) in [5.41, 5.74) is 2.10. The number of rotatable bonds is 4. The first kappa shape index (κ1) is 16.1. The maximum atomic E-state index is 11.7. The minimum Gasteiger partial charge on any atom is -0.480 e. The van der Waals surface area contributed by atoms with E-state index in [-0.39, 0.29) is 6.04 Å². The van der Waals surface area contributed by atoms with Crippen LogP contribution in [0.2, 0.25) is 0 Å². The SMILES string of the molecule is O=C(O)C1CCCCN1C(c1cccnc1)c1ccccc1Br. The number of aromatic nitrogens is 1. The molecule has 1 N–H and O–H groups in total. The number of benzene rings is 1. The van der Waals surface area contributed by atoms with E-state index in [1.165, 1.54) is 0 Å². The normalized spacial score (nSPS) is 20.1. The molecule has 0 spiro atoms. The monoisotopic (exact) mass is 374 g/mol. The summed E-state index contributed by atoms with van der Waals surface area (Å²) < 4.78 is 0.989. The molecule has 2 atom stereocenters. The van der Waals surface area contributed by atoms with Crippen molar-refractivity contribution in [3.05, 3.63) is 64.4 Å². The van der Waals surface area contributed by atoms with Gasteiger partial charge in [0.05, 0.1) is 6.04 Å². The Bertz CT molecular complexity index is 678. The Morgan fingerprint density at radius 3 is 2.78 bits per heavy atom. The number of carboxylic acid groups (broad SMARTS) is 1. The molecular weight excluding hydrogens is 356 g/mol. The smallest absolute Gasteiger partial charge is 0.320 e. The Morgan fingerprint density at radius 2 is 2.09 bits per heavy atom. The molecule has 120 valence electrons. The molecule has 4 nitrogen and oxygen atoms in total. The van der Waals surface area contributed by atoms with Crippen molar-refractivity contribution in [1.82, 2.24) is 9.88 Å². The van der Waals surface area contributed by atoms with E-state index < -0.39 is 12.0 Å². The van der Waals surface area contributed by atoms with Crippen LogP contribution in [0.5, 0.6) is 0 Å². The second kappa shape index (κ2) is 7.23. The van der Waals surface area contributed by atoms with Gasteiger partial charge >= 0.3 is 5.97 Å². The fourth-order valence-corrected chi connectivity index (χ4v) is 3.81. The first-order valence-corrected chi connectivity index (χ1v) is 8.60. The number of carboxylic acids is 1. The molecule has 2 heterocycles. The van der Waals surface area contributed by atoms with Crippen molar-refractivity contribution in [1.29, 1.82) is 0 Å². The molecule has 2 unspecified atom stereocenters. The van der Waals surface area contributed by atoms with Crippen molar-refractivity contribution in [2.24, 2.45) is 0 Å². The lowest BCUT2D eigenvalue weighted by Crippen LogP contribution is -2.46. The molecule has 1 aliphatic rings. The summed E-state index contributed by atoms with van der Waals surface area (Å²) in [5.74, 6) is -0.745. The van der Waals surface area contributed by atoms with Crippen LogP contribution in [0.25, 0.3) is 0 Å². The standard InChI is InChI=1S/C18H19BrN2O2/c19-15-8-2-1-7-14(15)17(13-6-5-10-20-12-13)21-11-4-3-9-16(21)18(22)23/h1-2,5-8,10,12,16-17H,3-4,9,11H2,(H,22,23). The van der Waals surface area contributed by atoms with Crippen LogP contribution in [0.1, 0.15) is 36.4 Å². The van der Waals surface area contributed by atoms with Gasteiger partial charge in [-0.05, 0) is 42.6 Å². The summed E-state index contributed by atoms with van der Waals surface area (Å²) in [4.78, 5) is 18.1. The van der Waals surface area contributed by atoms with Crippen LogP contribution in [0.3, 0.4) is 0 Å². The van der Waals surface area contributed by atoms with Crippen LogP contribution in [0, 0.1) is 0 Å². The van der Waals surface area contributed by atoms with Crippen molar-refractivity contribution in [3.8, 4) is 0 Å². The van der Waals surface area contributed by atoms with E-state index in [2.05, 4.69) is 31.9 Å². The zero-order valence-electron chi connectivity index (χ0n) is 12.7. The van der Waals surface area contributed by atoms with Gasteiger partial charge in [0.25, 0.3) is 0 Å². The van der Waals surface area contributed by atoms with Crippen LogP contribution in [0.15, 0.2) is 53.3 Å². The van der Waals surface area contributed by atoms with Gasteiger partial charge < -0.3 is 5.11 Å². The van der Waals surface area contributed by atoms with Crippen molar-refractivity contribution in [3.63, 3.8) is 0 Å². The third kappa shape index (κ3) is 3.46. The lowest BCUT2D eigenvalue weighted by atomic mass is 9.92. The molecule has 0 amide bonds. The second-order valence-corrected chi connectivity index (χ2v) is 6.65. The Kier molecular flexibility index (Phi) is 5.08. The van der Waals surface area contributed by atoms with E-state index in [0.717, 1.165) is 35.0 Å². The number of aliphatic carboxylic acids is 1. The summed E-state index contributed by atoms with van der Waals surface area (Å²) in [5, 5.41) is 9.65. The number of hydrogen-bond donors (Lipinski definition) is 1. The molecule has 1 aromatic carbocycles. The van der Waals surface area contributed by atoms with Crippen LogP contribution in [-0.4, -0.2) is 33.5 Å².